The van der Waals surface area contributed by atoms with Gasteiger partial charge in [-0.2, -0.15) is 0 Å². The van der Waals surface area contributed by atoms with Gasteiger partial charge in [0.25, 0.3) is 0 Å². The van der Waals surface area contributed by atoms with Crippen LogP contribution in [0.15, 0.2) is 36.4 Å². The summed E-state index contributed by atoms with van der Waals surface area (Å²) in [4.78, 5) is 22.6. The highest BCUT2D eigenvalue weighted by Crippen LogP contribution is 2.15. The standard InChI is InChI=1S/C16H19NO5/c1-10(2)16(20)22-12-5-3-11(4-6-12)7-14(15(18)19)17-8-13-9-21-13/h3-6,13-14,17H,1,7-9H2,2H3,(H,18,19). The first-order chi connectivity index (χ1) is 10.5. The lowest BCUT2D eigenvalue weighted by Gasteiger charge is -2.14. The van der Waals surface area contributed by atoms with Crippen molar-refractivity contribution in [3.63, 3.8) is 0 Å². The van der Waals surface area contributed by atoms with E-state index in [0.29, 0.717) is 30.9 Å². The lowest BCUT2D eigenvalue weighted by Crippen LogP contribution is -2.40. The Morgan fingerprint density at radius 2 is 2.09 bits per heavy atom. The van der Waals surface area contributed by atoms with Crippen molar-refractivity contribution in [2.75, 3.05) is 13.2 Å². The molecule has 2 rings (SSSR count). The van der Waals surface area contributed by atoms with Crippen LogP contribution in [0.2, 0.25) is 0 Å². The summed E-state index contributed by atoms with van der Waals surface area (Å²) in [6.45, 7) is 6.30. The molecule has 22 heavy (non-hydrogen) atoms. The topological polar surface area (TPSA) is 88.2 Å². The van der Waals surface area contributed by atoms with Crippen molar-refractivity contribution in [1.82, 2.24) is 5.32 Å². The maximum absolute atomic E-state index is 11.4. The smallest absolute Gasteiger partial charge is 0.338 e. The zero-order valence-corrected chi connectivity index (χ0v) is 12.4. The Balaban J connectivity index is 1.91. The molecule has 2 atom stereocenters. The van der Waals surface area contributed by atoms with E-state index < -0.39 is 18.0 Å². The Kier molecular flexibility index (Phi) is 5.30. The number of rotatable bonds is 8. The first-order valence-electron chi connectivity index (χ1n) is 7.00. The zero-order valence-electron chi connectivity index (χ0n) is 12.4. The van der Waals surface area contributed by atoms with Crippen LogP contribution in [0.1, 0.15) is 12.5 Å². The Morgan fingerprint density at radius 1 is 1.45 bits per heavy atom. The number of hydrogen-bond acceptors (Lipinski definition) is 5. The van der Waals surface area contributed by atoms with Crippen LogP contribution in [0.3, 0.4) is 0 Å². The molecule has 0 radical (unpaired) electrons. The minimum atomic E-state index is -0.904. The summed E-state index contributed by atoms with van der Waals surface area (Å²) in [5.41, 5.74) is 1.16. The molecule has 2 unspecified atom stereocenters. The monoisotopic (exact) mass is 305 g/mol. The third-order valence-corrected chi connectivity index (χ3v) is 3.21. The molecule has 6 heteroatoms. The predicted molar refractivity (Wildman–Crippen MR) is 79.8 cm³/mol. The molecule has 1 fully saturated rings. The number of aliphatic carboxylic acids is 1. The normalized spacial score (nSPS) is 17.6. The maximum atomic E-state index is 11.4. The van der Waals surface area contributed by atoms with Gasteiger partial charge in [0.15, 0.2) is 0 Å². The summed E-state index contributed by atoms with van der Waals surface area (Å²) in [7, 11) is 0. The molecule has 118 valence electrons. The van der Waals surface area contributed by atoms with E-state index in [-0.39, 0.29) is 6.10 Å². The summed E-state index contributed by atoms with van der Waals surface area (Å²) < 4.78 is 10.1. The van der Waals surface area contributed by atoms with Gasteiger partial charge in [0.2, 0.25) is 0 Å². The van der Waals surface area contributed by atoms with Crippen LogP contribution in [0.5, 0.6) is 5.75 Å². The molecule has 6 nitrogen and oxygen atoms in total. The number of carboxylic acid groups (broad SMARTS) is 1. The number of ether oxygens (including phenoxy) is 2. The Morgan fingerprint density at radius 3 is 2.59 bits per heavy atom. The predicted octanol–water partition coefficient (Wildman–Crippen LogP) is 1.15. The van der Waals surface area contributed by atoms with Gasteiger partial charge >= 0.3 is 11.9 Å². The number of epoxide rings is 1. The zero-order chi connectivity index (χ0) is 16.1. The van der Waals surface area contributed by atoms with Crippen LogP contribution < -0.4 is 10.1 Å². The number of carboxylic acids is 1. The van der Waals surface area contributed by atoms with Crippen molar-refractivity contribution in [2.24, 2.45) is 0 Å². The molecule has 1 aromatic carbocycles. The van der Waals surface area contributed by atoms with Gasteiger partial charge in [-0.15, -0.1) is 0 Å². The van der Waals surface area contributed by atoms with Gasteiger partial charge in [-0.05, 0) is 31.0 Å². The van der Waals surface area contributed by atoms with Crippen LogP contribution in [-0.2, 0) is 20.7 Å². The lowest BCUT2D eigenvalue weighted by atomic mass is 10.1. The van der Waals surface area contributed by atoms with Crippen LogP contribution in [0, 0.1) is 0 Å². The minimum absolute atomic E-state index is 0.130. The van der Waals surface area contributed by atoms with E-state index in [2.05, 4.69) is 11.9 Å². The second kappa shape index (κ2) is 7.20. The molecule has 1 heterocycles. The molecule has 0 aliphatic carbocycles. The SMILES string of the molecule is C=C(C)C(=O)Oc1ccc(CC(NCC2CO2)C(=O)O)cc1. The van der Waals surface area contributed by atoms with Gasteiger partial charge in [-0.25, -0.2) is 4.79 Å². The number of carbonyl (C=O) groups excluding carboxylic acids is 1. The molecular formula is C16H19NO5. The third kappa shape index (κ3) is 4.98. The number of benzene rings is 1. The maximum Gasteiger partial charge on any atom is 0.338 e. The fraction of sp³-hybridized carbons (Fsp3) is 0.375. The summed E-state index contributed by atoms with van der Waals surface area (Å²) in [6, 6.07) is 6.09. The quantitative estimate of drug-likeness (QED) is 0.324. The Hall–Kier alpha value is -2.18. The molecule has 0 bridgehead atoms. The van der Waals surface area contributed by atoms with E-state index >= 15 is 0 Å². The molecular weight excluding hydrogens is 286 g/mol. The molecule has 1 aromatic rings. The van der Waals surface area contributed by atoms with Crippen LogP contribution in [0.25, 0.3) is 0 Å². The van der Waals surface area contributed by atoms with Crippen molar-refractivity contribution in [2.45, 2.75) is 25.5 Å². The van der Waals surface area contributed by atoms with E-state index in [1.165, 1.54) is 0 Å². The van der Waals surface area contributed by atoms with Crippen molar-refractivity contribution in [1.29, 1.82) is 0 Å². The molecule has 0 spiro atoms. The molecule has 1 saturated heterocycles. The summed E-state index contributed by atoms with van der Waals surface area (Å²) in [6.07, 6.45) is 0.474. The third-order valence-electron chi connectivity index (χ3n) is 3.21. The number of esters is 1. The fourth-order valence-electron chi connectivity index (χ4n) is 1.83. The van der Waals surface area contributed by atoms with Crippen molar-refractivity contribution >= 4 is 11.9 Å². The highest BCUT2D eigenvalue weighted by Gasteiger charge is 2.25. The van der Waals surface area contributed by atoms with Crippen LogP contribution in [-0.4, -0.2) is 42.3 Å². The molecule has 2 N–H and O–H groups in total. The van der Waals surface area contributed by atoms with Crippen molar-refractivity contribution in [3.05, 3.63) is 42.0 Å². The van der Waals surface area contributed by atoms with Gasteiger partial charge in [0.05, 0.1) is 12.7 Å². The van der Waals surface area contributed by atoms with E-state index in [1.54, 1.807) is 31.2 Å². The highest BCUT2D eigenvalue weighted by atomic mass is 16.6. The summed E-state index contributed by atoms with van der Waals surface area (Å²) >= 11 is 0. The largest absolute Gasteiger partial charge is 0.480 e. The minimum Gasteiger partial charge on any atom is -0.480 e. The summed E-state index contributed by atoms with van der Waals surface area (Å²) in [5, 5.41) is 12.2. The van der Waals surface area contributed by atoms with E-state index in [9.17, 15) is 14.7 Å². The van der Waals surface area contributed by atoms with Crippen molar-refractivity contribution in [3.8, 4) is 5.75 Å². The van der Waals surface area contributed by atoms with Gasteiger partial charge < -0.3 is 19.9 Å². The van der Waals surface area contributed by atoms with Gasteiger partial charge in [0.1, 0.15) is 11.8 Å². The van der Waals surface area contributed by atoms with Crippen molar-refractivity contribution < 1.29 is 24.2 Å². The first-order valence-corrected chi connectivity index (χ1v) is 7.00. The summed E-state index contributed by atoms with van der Waals surface area (Å²) in [5.74, 6) is -0.983. The number of carbonyl (C=O) groups is 2. The van der Waals surface area contributed by atoms with Gasteiger partial charge in [0, 0.05) is 12.1 Å². The number of nitrogens with one attached hydrogen (secondary N) is 1. The van der Waals surface area contributed by atoms with Crippen LogP contribution >= 0.6 is 0 Å². The molecule has 1 aliphatic heterocycles. The van der Waals surface area contributed by atoms with E-state index in [4.69, 9.17) is 9.47 Å². The fourth-order valence-corrected chi connectivity index (χ4v) is 1.83. The lowest BCUT2D eigenvalue weighted by molar-refractivity contribution is -0.139. The molecule has 0 amide bonds. The van der Waals surface area contributed by atoms with E-state index in [0.717, 1.165) is 5.56 Å². The van der Waals surface area contributed by atoms with Crippen LogP contribution in [0.4, 0.5) is 0 Å². The number of hydrogen-bond donors (Lipinski definition) is 2. The molecule has 0 aromatic heterocycles. The second-order valence-corrected chi connectivity index (χ2v) is 5.27. The highest BCUT2D eigenvalue weighted by molar-refractivity contribution is 5.88. The average Bonchev–Trinajstić information content (AvgIpc) is 3.28. The Bertz CT molecular complexity index is 562. The van der Waals surface area contributed by atoms with Gasteiger partial charge in [-0.3, -0.25) is 4.79 Å². The Labute approximate surface area is 128 Å². The van der Waals surface area contributed by atoms with Gasteiger partial charge in [-0.1, -0.05) is 18.7 Å². The molecule has 1 aliphatic rings. The molecule has 0 saturated carbocycles. The second-order valence-electron chi connectivity index (χ2n) is 5.27. The average molecular weight is 305 g/mol. The van der Waals surface area contributed by atoms with E-state index in [1.807, 2.05) is 0 Å². The first kappa shape index (κ1) is 16.2.